The van der Waals surface area contributed by atoms with Crippen molar-refractivity contribution in [1.82, 2.24) is 4.57 Å². The van der Waals surface area contributed by atoms with E-state index in [1.54, 1.807) is 0 Å². The van der Waals surface area contributed by atoms with Crippen molar-refractivity contribution in [1.29, 1.82) is 0 Å². The maximum atomic E-state index is 8.50. The van der Waals surface area contributed by atoms with E-state index in [-0.39, 0.29) is 37.9 Å². The van der Waals surface area contributed by atoms with Gasteiger partial charge in [0.1, 0.15) is 18.9 Å². The number of aromatic nitrogens is 2. The van der Waals surface area contributed by atoms with Gasteiger partial charge in [-0.3, -0.25) is 0 Å². The zero-order valence-corrected chi connectivity index (χ0v) is 7.62. The van der Waals surface area contributed by atoms with Gasteiger partial charge in [-0.15, -0.1) is 0 Å². The normalized spacial score (nSPS) is 8.18. The van der Waals surface area contributed by atoms with E-state index in [1.807, 2.05) is 34.9 Å². The zero-order chi connectivity index (χ0) is 6.69. The van der Waals surface area contributed by atoms with Crippen LogP contribution < -0.4 is 17.0 Å². The topological polar surface area (TPSA) is 29.0 Å². The largest absolute Gasteiger partial charge is 1.00 e. The standard InChI is InChI=1S/C6H11N2O.ClH.Li/c1-7-2-3-8(6-7)4-5-9;;/h2-3,6,9H,4-5H2,1H3;1H;/q+1;;/p-1. The Labute approximate surface area is 84.6 Å². The molecule has 0 aromatic carbocycles. The van der Waals surface area contributed by atoms with E-state index in [4.69, 9.17) is 5.11 Å². The van der Waals surface area contributed by atoms with Gasteiger partial charge in [-0.05, 0) is 0 Å². The van der Waals surface area contributed by atoms with Crippen LogP contribution in [0, 0.1) is 0 Å². The molecule has 0 atom stereocenters. The van der Waals surface area contributed by atoms with Crippen molar-refractivity contribution in [3.05, 3.63) is 18.7 Å². The van der Waals surface area contributed by atoms with Gasteiger partial charge in [0.05, 0.1) is 13.7 Å². The Morgan fingerprint density at radius 2 is 2.18 bits per heavy atom. The van der Waals surface area contributed by atoms with Crippen LogP contribution in [-0.2, 0) is 13.6 Å². The predicted octanol–water partition coefficient (Wildman–Crippen LogP) is -4.07. The van der Waals surface area contributed by atoms with Gasteiger partial charge in [0, 0.05) is 18.9 Å². The summed E-state index contributed by atoms with van der Waals surface area (Å²) in [6.45, 7) is 0.884. The van der Waals surface area contributed by atoms with E-state index in [0.29, 0.717) is 6.54 Å². The molecule has 1 aromatic rings. The Morgan fingerprint density at radius 1 is 1.55 bits per heavy atom. The molecular formula is C6H11ClLiN2O. The Balaban J connectivity index is 0. The van der Waals surface area contributed by atoms with E-state index in [1.165, 1.54) is 0 Å². The van der Waals surface area contributed by atoms with Crippen LogP contribution in [0.15, 0.2) is 18.7 Å². The van der Waals surface area contributed by atoms with Gasteiger partial charge in [0.25, 0.3) is 0 Å². The Kier molecular flexibility index (Phi) is 8.36. The van der Waals surface area contributed by atoms with Crippen molar-refractivity contribution in [2.45, 2.75) is 6.54 Å². The number of halogens is 1. The Hall–Kier alpha value is 0.0574. The number of nitrogens with zero attached hydrogens (tertiary/aromatic N) is 2. The summed E-state index contributed by atoms with van der Waals surface area (Å²) in [5.41, 5.74) is 0. The fourth-order valence-electron chi connectivity index (χ4n) is 0.749. The maximum absolute atomic E-state index is 8.50. The van der Waals surface area contributed by atoms with Gasteiger partial charge in [-0.2, -0.15) is 0 Å². The van der Waals surface area contributed by atoms with E-state index >= 15 is 0 Å². The molecule has 11 heavy (non-hydrogen) atoms. The zero-order valence-electron chi connectivity index (χ0n) is 6.87. The van der Waals surface area contributed by atoms with Crippen LogP contribution in [0.25, 0.3) is 0 Å². The molecule has 0 fully saturated rings. The fraction of sp³-hybridized carbons (Fsp3) is 0.500. The van der Waals surface area contributed by atoms with Crippen LogP contribution in [0.5, 0.6) is 0 Å². The third-order valence-corrected chi connectivity index (χ3v) is 1.18. The minimum absolute atomic E-state index is 0. The van der Waals surface area contributed by atoms with E-state index in [2.05, 4.69) is 0 Å². The van der Waals surface area contributed by atoms with Crippen molar-refractivity contribution >= 4 is 18.9 Å². The molecule has 0 aliphatic rings. The smallest absolute Gasteiger partial charge is 0.243 e. The van der Waals surface area contributed by atoms with Crippen LogP contribution in [0.4, 0.5) is 0 Å². The Morgan fingerprint density at radius 3 is 2.55 bits per heavy atom. The van der Waals surface area contributed by atoms with Crippen molar-refractivity contribution in [2.24, 2.45) is 7.05 Å². The SMILES string of the molecule is C[n+]1ccn(CCO)c1.[Cl-].[Li]. The van der Waals surface area contributed by atoms with Crippen molar-refractivity contribution in [3.63, 3.8) is 0 Å². The average molecular weight is 170 g/mol. The minimum Gasteiger partial charge on any atom is -1.00 e. The molecule has 1 heterocycles. The summed E-state index contributed by atoms with van der Waals surface area (Å²) in [6.07, 6.45) is 5.79. The maximum Gasteiger partial charge on any atom is 0.243 e. The van der Waals surface area contributed by atoms with Gasteiger partial charge >= 0.3 is 0 Å². The third-order valence-electron chi connectivity index (χ3n) is 1.18. The van der Waals surface area contributed by atoms with Crippen molar-refractivity contribution in [3.8, 4) is 0 Å². The summed E-state index contributed by atoms with van der Waals surface area (Å²) in [5.74, 6) is 0. The summed E-state index contributed by atoms with van der Waals surface area (Å²) in [6, 6.07) is 0. The molecule has 0 saturated carbocycles. The summed E-state index contributed by atoms with van der Waals surface area (Å²) < 4.78 is 3.87. The van der Waals surface area contributed by atoms with Gasteiger partial charge in [-0.25, -0.2) is 9.13 Å². The number of rotatable bonds is 2. The number of imidazole rings is 1. The fourth-order valence-corrected chi connectivity index (χ4v) is 0.749. The molecule has 0 aliphatic carbocycles. The van der Waals surface area contributed by atoms with Gasteiger partial charge in [-0.1, -0.05) is 0 Å². The van der Waals surface area contributed by atoms with Crippen molar-refractivity contribution in [2.75, 3.05) is 6.61 Å². The molecule has 0 bridgehead atoms. The summed E-state index contributed by atoms with van der Waals surface area (Å²) in [5, 5.41) is 8.50. The van der Waals surface area contributed by atoms with Crippen molar-refractivity contribution < 1.29 is 22.1 Å². The van der Waals surface area contributed by atoms with Gasteiger partial charge < -0.3 is 17.5 Å². The third kappa shape index (κ3) is 4.49. The molecule has 1 aromatic heterocycles. The average Bonchev–Trinajstić information content (AvgIpc) is 2.17. The molecule has 0 saturated heterocycles. The molecule has 0 spiro atoms. The van der Waals surface area contributed by atoms with E-state index < -0.39 is 0 Å². The van der Waals surface area contributed by atoms with Crippen LogP contribution in [-0.4, -0.2) is 35.1 Å². The molecule has 1 radical (unpaired) electrons. The number of hydrogen-bond acceptors (Lipinski definition) is 1. The summed E-state index contributed by atoms with van der Waals surface area (Å²) in [7, 11) is 1.95. The minimum atomic E-state index is 0. The molecule has 0 aliphatic heterocycles. The van der Waals surface area contributed by atoms with Gasteiger partial charge in [0.15, 0.2) is 0 Å². The van der Waals surface area contributed by atoms with E-state index in [0.717, 1.165) is 0 Å². The second kappa shape index (κ2) is 6.75. The monoisotopic (exact) mass is 169 g/mol. The van der Waals surface area contributed by atoms with Gasteiger partial charge in [0.2, 0.25) is 6.33 Å². The number of aliphatic hydroxyl groups is 1. The molecule has 0 unspecified atom stereocenters. The quantitative estimate of drug-likeness (QED) is 0.354. The van der Waals surface area contributed by atoms with Crippen LogP contribution in [0.3, 0.4) is 0 Å². The molecule has 1 N–H and O–H groups in total. The first-order chi connectivity index (χ1) is 4.33. The molecule has 3 nitrogen and oxygen atoms in total. The predicted molar refractivity (Wildman–Crippen MR) is 38.4 cm³/mol. The summed E-state index contributed by atoms with van der Waals surface area (Å²) >= 11 is 0. The first-order valence-electron chi connectivity index (χ1n) is 2.95. The van der Waals surface area contributed by atoms with Crippen LogP contribution in [0.2, 0.25) is 0 Å². The van der Waals surface area contributed by atoms with E-state index in [9.17, 15) is 0 Å². The van der Waals surface area contributed by atoms with Crippen LogP contribution in [0.1, 0.15) is 0 Å². The Bertz CT molecular complexity index is 192. The number of aryl methyl sites for hydroxylation is 1. The second-order valence-electron chi connectivity index (χ2n) is 2.04. The second-order valence-corrected chi connectivity index (χ2v) is 2.04. The molecule has 0 amide bonds. The first kappa shape index (κ1) is 13.6. The van der Waals surface area contributed by atoms with Crippen LogP contribution >= 0.6 is 0 Å². The molecule has 59 valence electrons. The summed E-state index contributed by atoms with van der Waals surface area (Å²) in [4.78, 5) is 0. The molecular weight excluding hydrogens is 158 g/mol. The molecule has 5 heteroatoms. The number of hydrogen-bond donors (Lipinski definition) is 1. The first-order valence-corrected chi connectivity index (χ1v) is 2.95. The molecule has 1 rings (SSSR count). The number of aliphatic hydroxyl groups excluding tert-OH is 1.